The highest BCUT2D eigenvalue weighted by Crippen LogP contribution is 2.27. The standard InChI is InChI=1S/C10H11F3N2O4S/c11-10(12,13)20(17,18)19-7-3-1-6(2-4-7)5-8(14)9(15)16/h1-4,8H,5,14H2,(H2,15,16)/t8-/m0/s1. The smallest absolute Gasteiger partial charge is 0.376 e. The van der Waals surface area contributed by atoms with E-state index in [0.717, 1.165) is 12.1 Å². The zero-order valence-electron chi connectivity index (χ0n) is 9.92. The van der Waals surface area contributed by atoms with Crippen molar-refractivity contribution in [3.05, 3.63) is 29.8 Å². The highest BCUT2D eigenvalue weighted by Gasteiger charge is 2.48. The monoisotopic (exact) mass is 312 g/mol. The van der Waals surface area contributed by atoms with Gasteiger partial charge in [0, 0.05) is 0 Å². The molecule has 1 aromatic carbocycles. The Morgan fingerprint density at radius 2 is 1.75 bits per heavy atom. The molecule has 1 amide bonds. The Labute approximate surface area is 112 Å². The van der Waals surface area contributed by atoms with Gasteiger partial charge in [-0.25, -0.2) is 0 Å². The lowest BCUT2D eigenvalue weighted by Crippen LogP contribution is -2.38. The molecule has 10 heteroatoms. The van der Waals surface area contributed by atoms with E-state index in [9.17, 15) is 26.4 Å². The second-order valence-electron chi connectivity index (χ2n) is 3.84. The molecule has 0 unspecified atom stereocenters. The zero-order chi connectivity index (χ0) is 15.6. The number of alkyl halides is 3. The lowest BCUT2D eigenvalue weighted by atomic mass is 10.1. The second-order valence-corrected chi connectivity index (χ2v) is 5.38. The van der Waals surface area contributed by atoms with Crippen LogP contribution in [-0.4, -0.2) is 25.9 Å². The van der Waals surface area contributed by atoms with Crippen LogP contribution in [0.3, 0.4) is 0 Å². The highest BCUT2D eigenvalue weighted by atomic mass is 32.2. The Morgan fingerprint density at radius 3 is 2.15 bits per heavy atom. The zero-order valence-corrected chi connectivity index (χ0v) is 10.7. The van der Waals surface area contributed by atoms with Gasteiger partial charge >= 0.3 is 15.6 Å². The van der Waals surface area contributed by atoms with Gasteiger partial charge in [-0.2, -0.15) is 21.6 Å². The highest BCUT2D eigenvalue weighted by molar-refractivity contribution is 7.87. The summed E-state index contributed by atoms with van der Waals surface area (Å²) in [6.07, 6.45) is 0.0711. The molecule has 0 saturated carbocycles. The molecule has 1 rings (SSSR count). The molecule has 0 heterocycles. The molecule has 20 heavy (non-hydrogen) atoms. The van der Waals surface area contributed by atoms with Crippen LogP contribution in [-0.2, 0) is 21.3 Å². The van der Waals surface area contributed by atoms with Gasteiger partial charge in [0.1, 0.15) is 5.75 Å². The van der Waals surface area contributed by atoms with Crippen molar-refractivity contribution < 1.29 is 30.6 Å². The maximum Gasteiger partial charge on any atom is 0.534 e. The minimum atomic E-state index is -5.70. The molecule has 0 spiro atoms. The van der Waals surface area contributed by atoms with Crippen molar-refractivity contribution >= 4 is 16.0 Å². The molecular weight excluding hydrogens is 301 g/mol. The van der Waals surface area contributed by atoms with Crippen LogP contribution in [0, 0.1) is 0 Å². The van der Waals surface area contributed by atoms with Crippen LogP contribution < -0.4 is 15.7 Å². The van der Waals surface area contributed by atoms with Crippen LogP contribution >= 0.6 is 0 Å². The van der Waals surface area contributed by atoms with Crippen molar-refractivity contribution in [2.45, 2.75) is 18.0 Å². The van der Waals surface area contributed by atoms with Crippen molar-refractivity contribution in [3.8, 4) is 5.75 Å². The molecule has 0 radical (unpaired) electrons. The number of nitrogens with two attached hydrogens (primary N) is 2. The number of carbonyl (C=O) groups is 1. The van der Waals surface area contributed by atoms with Crippen molar-refractivity contribution in [1.82, 2.24) is 0 Å². The number of primary amides is 1. The summed E-state index contributed by atoms with van der Waals surface area (Å²) in [6.45, 7) is 0. The molecule has 4 N–H and O–H groups in total. The fourth-order valence-electron chi connectivity index (χ4n) is 1.21. The Hall–Kier alpha value is -1.81. The first-order valence-electron chi connectivity index (χ1n) is 5.17. The van der Waals surface area contributed by atoms with Crippen molar-refractivity contribution in [2.24, 2.45) is 11.5 Å². The Balaban J connectivity index is 2.80. The lowest BCUT2D eigenvalue weighted by Gasteiger charge is -2.10. The van der Waals surface area contributed by atoms with Crippen molar-refractivity contribution in [3.63, 3.8) is 0 Å². The van der Waals surface area contributed by atoms with Crippen molar-refractivity contribution in [2.75, 3.05) is 0 Å². The third-order valence-corrected chi connectivity index (χ3v) is 3.21. The summed E-state index contributed by atoms with van der Waals surface area (Å²) in [5.74, 6) is -1.23. The van der Waals surface area contributed by atoms with Gasteiger partial charge in [-0.3, -0.25) is 4.79 Å². The van der Waals surface area contributed by atoms with E-state index >= 15 is 0 Å². The van der Waals surface area contributed by atoms with Gasteiger partial charge in [-0.15, -0.1) is 0 Å². The van der Waals surface area contributed by atoms with E-state index in [-0.39, 0.29) is 6.42 Å². The van der Waals surface area contributed by atoms with Crippen LogP contribution in [0.25, 0.3) is 0 Å². The van der Waals surface area contributed by atoms with Crippen LogP contribution in [0.5, 0.6) is 5.75 Å². The first-order valence-corrected chi connectivity index (χ1v) is 6.58. The van der Waals surface area contributed by atoms with Crippen LogP contribution in [0.15, 0.2) is 24.3 Å². The Kier molecular flexibility index (Phi) is 4.61. The number of amides is 1. The van der Waals surface area contributed by atoms with Gasteiger partial charge in [-0.1, -0.05) is 12.1 Å². The first kappa shape index (κ1) is 16.2. The van der Waals surface area contributed by atoms with E-state index in [1.54, 1.807) is 0 Å². The topological polar surface area (TPSA) is 112 Å². The van der Waals surface area contributed by atoms with Crippen molar-refractivity contribution in [1.29, 1.82) is 0 Å². The van der Waals surface area contributed by atoms with Crippen LogP contribution in [0.4, 0.5) is 13.2 Å². The molecule has 112 valence electrons. The molecule has 0 aromatic heterocycles. The lowest BCUT2D eigenvalue weighted by molar-refractivity contribution is -0.119. The number of benzene rings is 1. The molecule has 0 aliphatic rings. The summed E-state index contributed by atoms with van der Waals surface area (Å²) in [5.41, 5.74) is 5.34. The number of carbonyl (C=O) groups excluding carboxylic acids is 1. The Bertz CT molecular complexity index is 584. The molecule has 1 atom stereocenters. The molecule has 0 bridgehead atoms. The summed E-state index contributed by atoms with van der Waals surface area (Å²) in [6, 6.07) is 3.66. The van der Waals surface area contributed by atoms with Gasteiger partial charge in [-0.05, 0) is 24.1 Å². The molecule has 0 saturated heterocycles. The maximum absolute atomic E-state index is 12.1. The number of hydrogen-bond acceptors (Lipinski definition) is 5. The molecule has 0 aliphatic heterocycles. The van der Waals surface area contributed by atoms with Gasteiger partial charge in [0.05, 0.1) is 6.04 Å². The third-order valence-electron chi connectivity index (χ3n) is 2.23. The second kappa shape index (κ2) is 5.67. The maximum atomic E-state index is 12.1. The van der Waals surface area contributed by atoms with E-state index < -0.39 is 33.3 Å². The van der Waals surface area contributed by atoms with Gasteiger partial charge in [0.25, 0.3) is 0 Å². The van der Waals surface area contributed by atoms with E-state index in [4.69, 9.17) is 11.5 Å². The quantitative estimate of drug-likeness (QED) is 0.598. The fraction of sp³-hybridized carbons (Fsp3) is 0.300. The summed E-state index contributed by atoms with van der Waals surface area (Å²) in [4.78, 5) is 10.7. The normalized spacial score (nSPS) is 13.8. The molecule has 1 aromatic rings. The minimum Gasteiger partial charge on any atom is -0.376 e. The third kappa shape index (κ3) is 4.10. The minimum absolute atomic E-state index is 0.0711. The summed E-state index contributed by atoms with van der Waals surface area (Å²) in [7, 11) is -5.70. The SMILES string of the molecule is NC(=O)[C@@H](N)Cc1ccc(OS(=O)(=O)C(F)(F)F)cc1. The molecule has 6 nitrogen and oxygen atoms in total. The van der Waals surface area contributed by atoms with Gasteiger partial charge in [0.2, 0.25) is 5.91 Å². The van der Waals surface area contributed by atoms with Crippen LogP contribution in [0.1, 0.15) is 5.56 Å². The summed E-state index contributed by atoms with van der Waals surface area (Å²) >= 11 is 0. The first-order chi connectivity index (χ1) is 9.03. The van der Waals surface area contributed by atoms with E-state index in [1.807, 2.05) is 0 Å². The molecule has 0 fully saturated rings. The summed E-state index contributed by atoms with van der Waals surface area (Å²) < 4.78 is 61.6. The molecular formula is C10H11F3N2O4S. The predicted octanol–water partition coefficient (Wildman–Crippen LogP) is 0.270. The molecule has 0 aliphatic carbocycles. The van der Waals surface area contributed by atoms with E-state index in [2.05, 4.69) is 4.18 Å². The summed E-state index contributed by atoms with van der Waals surface area (Å²) in [5, 5.41) is 0. The average Bonchev–Trinajstić information content (AvgIpc) is 2.29. The van der Waals surface area contributed by atoms with E-state index in [0.29, 0.717) is 5.56 Å². The number of rotatable bonds is 5. The van der Waals surface area contributed by atoms with E-state index in [1.165, 1.54) is 12.1 Å². The van der Waals surface area contributed by atoms with Gasteiger partial charge < -0.3 is 15.7 Å². The largest absolute Gasteiger partial charge is 0.534 e. The average molecular weight is 312 g/mol. The van der Waals surface area contributed by atoms with Gasteiger partial charge in [0.15, 0.2) is 0 Å². The fourth-order valence-corrected chi connectivity index (χ4v) is 1.67. The number of hydrogen-bond donors (Lipinski definition) is 2. The predicted molar refractivity (Wildman–Crippen MR) is 62.9 cm³/mol. The van der Waals surface area contributed by atoms with Crippen LogP contribution in [0.2, 0.25) is 0 Å². The Morgan fingerprint density at radius 1 is 1.25 bits per heavy atom. The number of halogens is 3.